The number of aryl methyl sites for hydroxylation is 1. The third-order valence-electron chi connectivity index (χ3n) is 6.17. The van der Waals surface area contributed by atoms with Crippen LogP contribution in [0.2, 0.25) is 0 Å². The molecule has 182 valence electrons. The molecule has 0 amide bonds. The summed E-state index contributed by atoms with van der Waals surface area (Å²) in [6.07, 6.45) is 1.93. The molecule has 5 aromatic rings. The third-order valence-corrected chi connectivity index (χ3v) is 6.17. The average Bonchev–Trinajstić information content (AvgIpc) is 3.33. The van der Waals surface area contributed by atoms with Crippen LogP contribution < -0.4 is 0 Å². The van der Waals surface area contributed by atoms with E-state index in [1.807, 2.05) is 85.9 Å². The summed E-state index contributed by atoms with van der Waals surface area (Å²) < 4.78 is 7.41. The van der Waals surface area contributed by atoms with Gasteiger partial charge in [0.1, 0.15) is 0 Å². The standard InChI is InChI=1S/C33H28N2O2/c1-3-37-33(36)27-16-20-30(21-17-27)35-31(25-10-6-4-7-11-25)22-28(32(35)26-12-8-5-9-13-26)23-34-29-18-14-24(2)15-19-29/h4-23H,3H2,1-2H3. The number of esters is 1. The molecule has 37 heavy (non-hydrogen) atoms. The molecule has 0 aliphatic heterocycles. The quantitative estimate of drug-likeness (QED) is 0.173. The number of hydrogen-bond donors (Lipinski definition) is 0. The number of hydrogen-bond acceptors (Lipinski definition) is 3. The summed E-state index contributed by atoms with van der Waals surface area (Å²) in [6, 6.07) is 38.5. The van der Waals surface area contributed by atoms with Gasteiger partial charge in [-0.15, -0.1) is 0 Å². The molecule has 4 heteroatoms. The lowest BCUT2D eigenvalue weighted by Gasteiger charge is -2.15. The van der Waals surface area contributed by atoms with Crippen LogP contribution in [-0.4, -0.2) is 23.4 Å². The van der Waals surface area contributed by atoms with Crippen molar-refractivity contribution in [1.82, 2.24) is 4.57 Å². The summed E-state index contributed by atoms with van der Waals surface area (Å²) in [4.78, 5) is 17.1. The van der Waals surface area contributed by atoms with Gasteiger partial charge in [-0.25, -0.2) is 4.79 Å². The van der Waals surface area contributed by atoms with Crippen molar-refractivity contribution in [2.24, 2.45) is 4.99 Å². The van der Waals surface area contributed by atoms with E-state index in [0.29, 0.717) is 12.2 Å². The Hall–Kier alpha value is -4.70. The monoisotopic (exact) mass is 484 g/mol. The fourth-order valence-electron chi connectivity index (χ4n) is 4.35. The topological polar surface area (TPSA) is 43.6 Å². The van der Waals surface area contributed by atoms with Crippen LogP contribution in [0.4, 0.5) is 5.69 Å². The van der Waals surface area contributed by atoms with E-state index < -0.39 is 0 Å². The highest BCUT2D eigenvalue weighted by molar-refractivity contribution is 5.95. The summed E-state index contributed by atoms with van der Waals surface area (Å²) >= 11 is 0. The van der Waals surface area contributed by atoms with Gasteiger partial charge in [0.2, 0.25) is 0 Å². The fraction of sp³-hybridized carbons (Fsp3) is 0.0909. The third kappa shape index (κ3) is 5.29. The first kappa shape index (κ1) is 24.0. The van der Waals surface area contributed by atoms with Gasteiger partial charge in [0.05, 0.1) is 29.2 Å². The van der Waals surface area contributed by atoms with Crippen molar-refractivity contribution in [2.45, 2.75) is 13.8 Å². The summed E-state index contributed by atoms with van der Waals surface area (Å²) in [5.41, 5.74) is 8.80. The molecular formula is C33H28N2O2. The molecule has 0 radical (unpaired) electrons. The molecule has 0 aliphatic rings. The zero-order valence-corrected chi connectivity index (χ0v) is 21.0. The molecule has 1 aromatic heterocycles. The number of benzene rings is 4. The lowest BCUT2D eigenvalue weighted by molar-refractivity contribution is 0.0526. The van der Waals surface area contributed by atoms with Gasteiger partial charge in [-0.3, -0.25) is 4.99 Å². The highest BCUT2D eigenvalue weighted by atomic mass is 16.5. The first-order valence-corrected chi connectivity index (χ1v) is 12.4. The van der Waals surface area contributed by atoms with Gasteiger partial charge >= 0.3 is 5.97 Å². The van der Waals surface area contributed by atoms with Crippen LogP contribution in [-0.2, 0) is 4.74 Å². The van der Waals surface area contributed by atoms with Crippen molar-refractivity contribution in [3.63, 3.8) is 0 Å². The first-order valence-electron chi connectivity index (χ1n) is 12.4. The lowest BCUT2D eigenvalue weighted by atomic mass is 10.1. The van der Waals surface area contributed by atoms with E-state index in [0.717, 1.165) is 39.5 Å². The van der Waals surface area contributed by atoms with Gasteiger partial charge in [-0.05, 0) is 67.4 Å². The largest absolute Gasteiger partial charge is 0.462 e. The van der Waals surface area contributed by atoms with Crippen molar-refractivity contribution in [2.75, 3.05) is 6.61 Å². The predicted octanol–water partition coefficient (Wildman–Crippen LogP) is 8.05. The van der Waals surface area contributed by atoms with Crippen LogP contribution in [0.3, 0.4) is 0 Å². The van der Waals surface area contributed by atoms with Gasteiger partial charge in [-0.1, -0.05) is 78.4 Å². The summed E-state index contributed by atoms with van der Waals surface area (Å²) in [5, 5.41) is 0. The van der Waals surface area contributed by atoms with E-state index in [1.54, 1.807) is 0 Å². The van der Waals surface area contributed by atoms with Gasteiger partial charge in [-0.2, -0.15) is 0 Å². The number of carbonyl (C=O) groups excluding carboxylic acids is 1. The van der Waals surface area contributed by atoms with E-state index in [9.17, 15) is 4.79 Å². The summed E-state index contributed by atoms with van der Waals surface area (Å²) in [5.74, 6) is -0.320. The molecule has 0 N–H and O–H groups in total. The maximum Gasteiger partial charge on any atom is 0.338 e. The molecule has 0 unspecified atom stereocenters. The molecule has 5 rings (SSSR count). The molecule has 0 saturated heterocycles. The Kier molecular flexibility index (Phi) is 7.09. The summed E-state index contributed by atoms with van der Waals surface area (Å²) in [7, 11) is 0. The van der Waals surface area contributed by atoms with Gasteiger partial charge in [0, 0.05) is 17.5 Å². The Morgan fingerprint density at radius 2 is 1.43 bits per heavy atom. The van der Waals surface area contributed by atoms with E-state index in [-0.39, 0.29) is 5.97 Å². The number of carbonyl (C=O) groups is 1. The molecule has 1 heterocycles. The van der Waals surface area contributed by atoms with Gasteiger partial charge < -0.3 is 9.30 Å². The van der Waals surface area contributed by atoms with Crippen LogP contribution in [0.1, 0.15) is 28.4 Å². The van der Waals surface area contributed by atoms with Crippen molar-refractivity contribution in [3.05, 3.63) is 132 Å². The van der Waals surface area contributed by atoms with Crippen molar-refractivity contribution < 1.29 is 9.53 Å². The second kappa shape index (κ2) is 10.9. The van der Waals surface area contributed by atoms with Crippen LogP contribution in [0.25, 0.3) is 28.2 Å². The highest BCUT2D eigenvalue weighted by Gasteiger charge is 2.19. The number of nitrogens with zero attached hydrogens (tertiary/aromatic N) is 2. The molecule has 0 saturated carbocycles. The Bertz CT molecular complexity index is 1520. The van der Waals surface area contributed by atoms with E-state index in [2.05, 4.69) is 54.0 Å². The summed E-state index contributed by atoms with van der Waals surface area (Å²) in [6.45, 7) is 4.22. The minimum atomic E-state index is -0.320. The van der Waals surface area contributed by atoms with Crippen molar-refractivity contribution >= 4 is 17.9 Å². The first-order chi connectivity index (χ1) is 18.1. The Labute approximate surface area is 217 Å². The molecule has 4 aromatic carbocycles. The Morgan fingerprint density at radius 1 is 0.811 bits per heavy atom. The molecule has 0 bridgehead atoms. The lowest BCUT2D eigenvalue weighted by Crippen LogP contribution is -2.05. The highest BCUT2D eigenvalue weighted by Crippen LogP contribution is 2.35. The Morgan fingerprint density at radius 3 is 2.05 bits per heavy atom. The van der Waals surface area contributed by atoms with Crippen LogP contribution >= 0.6 is 0 Å². The predicted molar refractivity (Wildman–Crippen MR) is 151 cm³/mol. The van der Waals surface area contributed by atoms with E-state index in [1.165, 1.54) is 5.56 Å². The van der Waals surface area contributed by atoms with E-state index >= 15 is 0 Å². The maximum absolute atomic E-state index is 12.3. The van der Waals surface area contributed by atoms with Crippen LogP contribution in [0, 0.1) is 6.92 Å². The van der Waals surface area contributed by atoms with Crippen LogP contribution in [0.15, 0.2) is 120 Å². The molecule has 0 atom stereocenters. The van der Waals surface area contributed by atoms with Crippen molar-refractivity contribution in [3.8, 4) is 28.2 Å². The minimum absolute atomic E-state index is 0.320. The zero-order chi connectivity index (χ0) is 25.6. The average molecular weight is 485 g/mol. The molecule has 0 fully saturated rings. The molecule has 0 aliphatic carbocycles. The van der Waals surface area contributed by atoms with Crippen molar-refractivity contribution in [1.29, 1.82) is 0 Å². The Balaban J connectivity index is 1.71. The second-order valence-electron chi connectivity index (χ2n) is 8.76. The minimum Gasteiger partial charge on any atom is -0.462 e. The normalized spacial score (nSPS) is 11.1. The zero-order valence-electron chi connectivity index (χ0n) is 21.0. The second-order valence-corrected chi connectivity index (χ2v) is 8.76. The number of aliphatic imine (C=N–C) groups is 1. The smallest absolute Gasteiger partial charge is 0.338 e. The molecule has 0 spiro atoms. The van der Waals surface area contributed by atoms with Gasteiger partial charge in [0.15, 0.2) is 0 Å². The van der Waals surface area contributed by atoms with E-state index in [4.69, 9.17) is 9.73 Å². The SMILES string of the molecule is CCOC(=O)c1ccc(-n2c(-c3ccccc3)cc(C=Nc3ccc(C)cc3)c2-c2ccccc2)cc1. The maximum atomic E-state index is 12.3. The fourth-order valence-corrected chi connectivity index (χ4v) is 4.35. The molecular weight excluding hydrogens is 456 g/mol. The molecule has 4 nitrogen and oxygen atoms in total. The van der Waals surface area contributed by atoms with Gasteiger partial charge in [0.25, 0.3) is 0 Å². The number of aromatic nitrogens is 1. The number of rotatable bonds is 7. The number of ether oxygens (including phenoxy) is 1. The van der Waals surface area contributed by atoms with Crippen LogP contribution in [0.5, 0.6) is 0 Å².